The van der Waals surface area contributed by atoms with Gasteiger partial charge in [-0.25, -0.2) is 8.42 Å². The zero-order chi connectivity index (χ0) is 27.9. The van der Waals surface area contributed by atoms with Crippen LogP contribution in [-0.2, 0) is 26.2 Å². The molecule has 1 unspecified atom stereocenters. The van der Waals surface area contributed by atoms with Gasteiger partial charge in [-0.05, 0) is 75.2 Å². The van der Waals surface area contributed by atoms with E-state index in [2.05, 4.69) is 5.32 Å². The van der Waals surface area contributed by atoms with E-state index in [0.29, 0.717) is 18.0 Å². The molecule has 0 spiro atoms. The summed E-state index contributed by atoms with van der Waals surface area (Å²) in [5, 5.41) is 2.75. The number of nitrogens with one attached hydrogen (secondary N) is 1. The van der Waals surface area contributed by atoms with Gasteiger partial charge in [-0.15, -0.1) is 0 Å². The number of benzene rings is 3. The molecule has 0 saturated heterocycles. The number of hydrogen-bond acceptors (Lipinski definition) is 5. The molecule has 2 amide bonds. The predicted octanol–water partition coefficient (Wildman–Crippen LogP) is 4.06. The third-order valence-corrected chi connectivity index (χ3v) is 7.97. The van der Waals surface area contributed by atoms with Crippen LogP contribution in [0.4, 0.5) is 5.69 Å². The highest BCUT2D eigenvalue weighted by Gasteiger charge is 2.32. The number of carbonyl (C=O) groups is 2. The Hall–Kier alpha value is -3.85. The van der Waals surface area contributed by atoms with E-state index in [-0.39, 0.29) is 17.3 Å². The van der Waals surface area contributed by atoms with Crippen molar-refractivity contribution in [3.8, 4) is 5.75 Å². The Morgan fingerprint density at radius 1 is 0.947 bits per heavy atom. The molecule has 0 heterocycles. The summed E-state index contributed by atoms with van der Waals surface area (Å²) in [5.74, 6) is -0.222. The van der Waals surface area contributed by atoms with Crippen LogP contribution >= 0.6 is 0 Å². The van der Waals surface area contributed by atoms with Crippen LogP contribution in [0.5, 0.6) is 5.75 Å². The Morgan fingerprint density at radius 2 is 1.63 bits per heavy atom. The normalized spacial score (nSPS) is 11.9. The van der Waals surface area contributed by atoms with E-state index in [1.807, 2.05) is 26.0 Å². The van der Waals surface area contributed by atoms with Crippen LogP contribution in [0.1, 0.15) is 30.5 Å². The van der Waals surface area contributed by atoms with Gasteiger partial charge in [0.15, 0.2) is 0 Å². The lowest BCUT2D eigenvalue weighted by molar-refractivity contribution is -0.139. The molecule has 0 aliphatic rings. The molecule has 3 rings (SSSR count). The topological polar surface area (TPSA) is 96.0 Å². The fourth-order valence-corrected chi connectivity index (χ4v) is 5.43. The minimum Gasteiger partial charge on any atom is -0.497 e. The summed E-state index contributed by atoms with van der Waals surface area (Å²) in [6, 6.07) is 19.8. The number of hydrogen-bond donors (Lipinski definition) is 1. The first kappa shape index (κ1) is 28.7. The number of carbonyl (C=O) groups excluding carboxylic acids is 2. The summed E-state index contributed by atoms with van der Waals surface area (Å²) in [4.78, 5) is 28.1. The fraction of sp³-hybridized carbons (Fsp3) is 0.310. The lowest BCUT2D eigenvalue weighted by Gasteiger charge is -2.32. The van der Waals surface area contributed by atoms with Crippen LogP contribution in [0.15, 0.2) is 77.7 Å². The number of sulfonamides is 1. The molecule has 3 aromatic carbocycles. The molecule has 8 nitrogen and oxygen atoms in total. The van der Waals surface area contributed by atoms with Crippen molar-refractivity contribution in [2.75, 3.05) is 24.5 Å². The number of ether oxygens (including phenoxy) is 1. The monoisotopic (exact) mass is 537 g/mol. The second-order valence-electron chi connectivity index (χ2n) is 9.11. The van der Waals surface area contributed by atoms with E-state index in [1.165, 1.54) is 17.0 Å². The third kappa shape index (κ3) is 6.92. The lowest BCUT2D eigenvalue weighted by atomic mass is 10.1. The fourth-order valence-electron chi connectivity index (χ4n) is 4.02. The van der Waals surface area contributed by atoms with Gasteiger partial charge >= 0.3 is 0 Å². The van der Waals surface area contributed by atoms with E-state index >= 15 is 0 Å². The van der Waals surface area contributed by atoms with Crippen molar-refractivity contribution in [2.45, 2.75) is 45.2 Å². The Kier molecular flexibility index (Phi) is 9.52. The molecule has 0 saturated carbocycles. The van der Waals surface area contributed by atoms with E-state index in [1.54, 1.807) is 69.5 Å². The molecule has 0 aromatic heterocycles. The van der Waals surface area contributed by atoms with Crippen molar-refractivity contribution in [1.29, 1.82) is 0 Å². The Balaban J connectivity index is 2.03. The molecular weight excluding hydrogens is 502 g/mol. The molecule has 0 radical (unpaired) electrons. The Labute approximate surface area is 225 Å². The Morgan fingerprint density at radius 3 is 2.26 bits per heavy atom. The number of aryl methyl sites for hydroxylation is 2. The molecule has 0 aliphatic heterocycles. The smallest absolute Gasteiger partial charge is 0.264 e. The average Bonchev–Trinajstić information content (AvgIpc) is 2.90. The summed E-state index contributed by atoms with van der Waals surface area (Å²) < 4.78 is 34.1. The van der Waals surface area contributed by atoms with Crippen LogP contribution in [0.3, 0.4) is 0 Å². The third-order valence-electron chi connectivity index (χ3n) is 6.18. The molecule has 38 heavy (non-hydrogen) atoms. The summed E-state index contributed by atoms with van der Waals surface area (Å²) in [6.07, 6.45) is 0. The number of rotatable bonds is 11. The van der Waals surface area contributed by atoms with Crippen molar-refractivity contribution < 1.29 is 22.7 Å². The minimum atomic E-state index is -4.09. The lowest BCUT2D eigenvalue weighted by Crippen LogP contribution is -2.51. The van der Waals surface area contributed by atoms with E-state index in [0.717, 1.165) is 21.0 Å². The molecule has 0 fully saturated rings. The molecule has 0 bridgehead atoms. The van der Waals surface area contributed by atoms with Crippen molar-refractivity contribution >= 4 is 27.5 Å². The first-order valence-corrected chi connectivity index (χ1v) is 13.9. The number of likely N-dealkylation sites (N-methyl/N-ethyl adjacent to an activating group) is 1. The largest absolute Gasteiger partial charge is 0.497 e. The van der Waals surface area contributed by atoms with Gasteiger partial charge in [-0.2, -0.15) is 0 Å². The highest BCUT2D eigenvalue weighted by Crippen LogP contribution is 2.26. The number of anilines is 1. The van der Waals surface area contributed by atoms with Crippen LogP contribution < -0.4 is 14.4 Å². The SMILES string of the molecule is CCNC(=O)C(C)N(Cc1cccc(OC)c1)C(=O)CN(c1cccc(C)c1)S(=O)(=O)c1ccc(C)cc1. The van der Waals surface area contributed by atoms with Crippen molar-refractivity contribution in [3.05, 3.63) is 89.5 Å². The summed E-state index contributed by atoms with van der Waals surface area (Å²) in [6.45, 7) is 7.18. The second kappa shape index (κ2) is 12.6. The average molecular weight is 538 g/mol. The minimum absolute atomic E-state index is 0.0773. The van der Waals surface area contributed by atoms with E-state index in [4.69, 9.17) is 4.74 Å². The first-order chi connectivity index (χ1) is 18.1. The summed E-state index contributed by atoms with van der Waals surface area (Å²) in [7, 11) is -2.54. The second-order valence-corrected chi connectivity index (χ2v) is 11.0. The van der Waals surface area contributed by atoms with E-state index < -0.39 is 28.5 Å². The number of methoxy groups -OCH3 is 1. The summed E-state index contributed by atoms with van der Waals surface area (Å²) in [5.41, 5.74) is 2.88. The van der Waals surface area contributed by atoms with Gasteiger partial charge in [0.2, 0.25) is 11.8 Å². The molecule has 1 N–H and O–H groups in total. The molecule has 1 atom stereocenters. The van der Waals surface area contributed by atoms with Crippen molar-refractivity contribution in [1.82, 2.24) is 10.2 Å². The first-order valence-electron chi connectivity index (χ1n) is 12.4. The van der Waals surface area contributed by atoms with Crippen LogP contribution in [-0.4, -0.2) is 51.4 Å². The maximum Gasteiger partial charge on any atom is 0.264 e. The van der Waals surface area contributed by atoms with Gasteiger partial charge in [0.05, 0.1) is 17.7 Å². The van der Waals surface area contributed by atoms with Crippen LogP contribution in [0.2, 0.25) is 0 Å². The molecule has 202 valence electrons. The van der Waals surface area contributed by atoms with Gasteiger partial charge in [-0.1, -0.05) is 42.0 Å². The van der Waals surface area contributed by atoms with Crippen molar-refractivity contribution in [2.24, 2.45) is 0 Å². The number of nitrogens with zero attached hydrogens (tertiary/aromatic N) is 2. The van der Waals surface area contributed by atoms with Crippen molar-refractivity contribution in [3.63, 3.8) is 0 Å². The van der Waals surface area contributed by atoms with Gasteiger partial charge < -0.3 is 15.0 Å². The predicted molar refractivity (Wildman–Crippen MR) is 149 cm³/mol. The molecule has 9 heteroatoms. The quantitative estimate of drug-likeness (QED) is 0.398. The van der Waals surface area contributed by atoms with Gasteiger partial charge in [-0.3, -0.25) is 13.9 Å². The maximum absolute atomic E-state index is 13.9. The van der Waals surface area contributed by atoms with Gasteiger partial charge in [0, 0.05) is 13.1 Å². The Bertz CT molecular complexity index is 1370. The zero-order valence-electron chi connectivity index (χ0n) is 22.5. The van der Waals surface area contributed by atoms with Gasteiger partial charge in [0.25, 0.3) is 10.0 Å². The molecule has 3 aromatic rings. The molecular formula is C29H35N3O5S. The number of amides is 2. The standard InChI is InChI=1S/C29H35N3O5S/c1-6-30-29(34)23(4)31(19-24-10-8-12-26(18-24)37-5)28(33)20-32(25-11-7-9-22(3)17-25)38(35,36)27-15-13-21(2)14-16-27/h7-18,23H,6,19-20H2,1-5H3,(H,30,34). The summed E-state index contributed by atoms with van der Waals surface area (Å²) >= 11 is 0. The highest BCUT2D eigenvalue weighted by atomic mass is 32.2. The van der Waals surface area contributed by atoms with E-state index in [9.17, 15) is 18.0 Å². The highest BCUT2D eigenvalue weighted by molar-refractivity contribution is 7.92. The zero-order valence-corrected chi connectivity index (χ0v) is 23.3. The molecule has 0 aliphatic carbocycles. The van der Waals surface area contributed by atoms with Crippen LogP contribution in [0, 0.1) is 13.8 Å². The van der Waals surface area contributed by atoms with Gasteiger partial charge in [0.1, 0.15) is 18.3 Å². The maximum atomic E-state index is 13.9. The van der Waals surface area contributed by atoms with Crippen LogP contribution in [0.25, 0.3) is 0 Å².